The second-order valence-corrected chi connectivity index (χ2v) is 6.95. The summed E-state index contributed by atoms with van der Waals surface area (Å²) in [6.07, 6.45) is 3.60. The summed E-state index contributed by atoms with van der Waals surface area (Å²) in [5, 5.41) is 2.89. The third-order valence-electron chi connectivity index (χ3n) is 4.60. The highest BCUT2D eigenvalue weighted by Gasteiger charge is 2.18. The van der Waals surface area contributed by atoms with Gasteiger partial charge in [-0.05, 0) is 56.5 Å². The van der Waals surface area contributed by atoms with Crippen molar-refractivity contribution in [2.75, 3.05) is 14.2 Å². The fourth-order valence-electron chi connectivity index (χ4n) is 2.85. The van der Waals surface area contributed by atoms with Crippen molar-refractivity contribution >= 4 is 18.0 Å². The van der Waals surface area contributed by atoms with Crippen LogP contribution in [0.5, 0.6) is 11.5 Å². The molecule has 0 aliphatic rings. The van der Waals surface area contributed by atoms with E-state index in [0.717, 1.165) is 12.8 Å². The molecule has 2 aromatic rings. The van der Waals surface area contributed by atoms with E-state index in [9.17, 15) is 9.59 Å². The molecule has 1 N–H and O–H groups in total. The number of methoxy groups -OCH3 is 2. The van der Waals surface area contributed by atoms with E-state index >= 15 is 0 Å². The van der Waals surface area contributed by atoms with Gasteiger partial charge in [-0.15, -0.1) is 0 Å². The SMILES string of the molecule is COc1ccc(OC)c(/C=C/C(=O)O[C@@H](C)C(=O)N[C@H](C)CCc2ccccc2)c1. The minimum atomic E-state index is -0.895. The molecule has 0 fully saturated rings. The molecule has 1 amide bonds. The number of benzene rings is 2. The van der Waals surface area contributed by atoms with Crippen molar-refractivity contribution in [2.24, 2.45) is 0 Å². The third kappa shape index (κ3) is 7.28. The first-order valence-electron chi connectivity index (χ1n) is 9.88. The van der Waals surface area contributed by atoms with Gasteiger partial charge in [0.05, 0.1) is 14.2 Å². The standard InChI is InChI=1S/C24H29NO5/c1-17(10-11-19-8-6-5-7-9-19)25-24(27)18(2)30-23(26)15-12-20-16-21(28-3)13-14-22(20)29-4/h5-9,12-18H,10-11H2,1-4H3,(H,25,27)/b15-12+/t17-,18+/m1/s1. The molecule has 0 heterocycles. The molecule has 0 aliphatic heterocycles. The number of esters is 1. The molecule has 30 heavy (non-hydrogen) atoms. The van der Waals surface area contributed by atoms with Crippen LogP contribution in [0.3, 0.4) is 0 Å². The Balaban J connectivity index is 1.84. The lowest BCUT2D eigenvalue weighted by molar-refractivity contribution is -0.150. The van der Waals surface area contributed by atoms with Gasteiger partial charge < -0.3 is 19.5 Å². The summed E-state index contributed by atoms with van der Waals surface area (Å²) in [7, 11) is 3.10. The fourth-order valence-corrected chi connectivity index (χ4v) is 2.85. The Kier molecular flexibility index (Phi) is 8.94. The second-order valence-electron chi connectivity index (χ2n) is 6.95. The van der Waals surface area contributed by atoms with Gasteiger partial charge in [0, 0.05) is 17.7 Å². The minimum absolute atomic E-state index is 0.0320. The average Bonchev–Trinajstić information content (AvgIpc) is 2.76. The van der Waals surface area contributed by atoms with Crippen molar-refractivity contribution in [2.45, 2.75) is 38.8 Å². The first-order chi connectivity index (χ1) is 14.4. The topological polar surface area (TPSA) is 73.9 Å². The number of rotatable bonds is 10. The highest BCUT2D eigenvalue weighted by atomic mass is 16.5. The molecule has 2 aromatic carbocycles. The van der Waals surface area contributed by atoms with Gasteiger partial charge in [0.2, 0.25) is 0 Å². The maximum Gasteiger partial charge on any atom is 0.331 e. The number of carbonyl (C=O) groups is 2. The van der Waals surface area contributed by atoms with Crippen molar-refractivity contribution in [3.63, 3.8) is 0 Å². The van der Waals surface area contributed by atoms with Crippen molar-refractivity contribution in [1.82, 2.24) is 5.32 Å². The largest absolute Gasteiger partial charge is 0.497 e. The number of hydrogen-bond donors (Lipinski definition) is 1. The number of hydrogen-bond acceptors (Lipinski definition) is 5. The molecule has 2 atom stereocenters. The summed E-state index contributed by atoms with van der Waals surface area (Å²) in [4.78, 5) is 24.4. The molecular weight excluding hydrogens is 382 g/mol. The molecule has 160 valence electrons. The van der Waals surface area contributed by atoms with Gasteiger partial charge in [0.15, 0.2) is 6.10 Å². The van der Waals surface area contributed by atoms with Crippen LogP contribution in [0.1, 0.15) is 31.4 Å². The fraction of sp³-hybridized carbons (Fsp3) is 0.333. The maximum atomic E-state index is 12.3. The van der Waals surface area contributed by atoms with E-state index in [0.29, 0.717) is 17.1 Å². The van der Waals surface area contributed by atoms with Gasteiger partial charge in [-0.3, -0.25) is 4.79 Å². The van der Waals surface area contributed by atoms with E-state index in [1.807, 2.05) is 25.1 Å². The van der Waals surface area contributed by atoms with Gasteiger partial charge in [0.1, 0.15) is 11.5 Å². The van der Waals surface area contributed by atoms with Crippen LogP contribution in [0.15, 0.2) is 54.6 Å². The summed E-state index contributed by atoms with van der Waals surface area (Å²) in [5.41, 5.74) is 1.89. The van der Waals surface area contributed by atoms with E-state index < -0.39 is 12.1 Å². The van der Waals surface area contributed by atoms with Gasteiger partial charge in [-0.25, -0.2) is 4.79 Å². The van der Waals surface area contributed by atoms with Crippen LogP contribution in [0.4, 0.5) is 0 Å². The van der Waals surface area contributed by atoms with Crippen LogP contribution >= 0.6 is 0 Å². The van der Waals surface area contributed by atoms with Crippen LogP contribution < -0.4 is 14.8 Å². The smallest absolute Gasteiger partial charge is 0.331 e. The molecule has 6 nitrogen and oxygen atoms in total. The van der Waals surface area contributed by atoms with Crippen molar-refractivity contribution < 1.29 is 23.8 Å². The molecule has 0 saturated heterocycles. The Bertz CT molecular complexity index is 863. The zero-order valence-corrected chi connectivity index (χ0v) is 17.9. The third-order valence-corrected chi connectivity index (χ3v) is 4.60. The van der Waals surface area contributed by atoms with Crippen LogP contribution in [0.2, 0.25) is 0 Å². The lowest BCUT2D eigenvalue weighted by Crippen LogP contribution is -2.40. The lowest BCUT2D eigenvalue weighted by atomic mass is 10.1. The minimum Gasteiger partial charge on any atom is -0.497 e. The molecular formula is C24H29NO5. The zero-order chi connectivity index (χ0) is 21.9. The van der Waals surface area contributed by atoms with Crippen LogP contribution in [-0.4, -0.2) is 38.2 Å². The Morgan fingerprint density at radius 1 is 1.03 bits per heavy atom. The number of nitrogens with one attached hydrogen (secondary N) is 1. The van der Waals surface area contributed by atoms with Crippen molar-refractivity contribution in [3.05, 3.63) is 65.7 Å². The predicted molar refractivity (Wildman–Crippen MR) is 117 cm³/mol. The van der Waals surface area contributed by atoms with Crippen molar-refractivity contribution in [1.29, 1.82) is 0 Å². The Morgan fingerprint density at radius 3 is 2.43 bits per heavy atom. The van der Waals surface area contributed by atoms with Crippen LogP contribution in [0.25, 0.3) is 6.08 Å². The molecule has 2 rings (SSSR count). The number of ether oxygens (including phenoxy) is 3. The summed E-state index contributed by atoms with van der Waals surface area (Å²) >= 11 is 0. The number of carbonyl (C=O) groups excluding carboxylic acids is 2. The molecule has 6 heteroatoms. The summed E-state index contributed by atoms with van der Waals surface area (Å²) in [6.45, 7) is 3.49. The summed E-state index contributed by atoms with van der Waals surface area (Å²) in [6, 6.07) is 15.3. The van der Waals surface area contributed by atoms with Crippen molar-refractivity contribution in [3.8, 4) is 11.5 Å². The van der Waals surface area contributed by atoms with Gasteiger partial charge in [-0.1, -0.05) is 30.3 Å². The van der Waals surface area contributed by atoms with Gasteiger partial charge in [0.25, 0.3) is 5.91 Å². The number of amides is 1. The normalized spacial score (nSPS) is 12.8. The van der Waals surface area contributed by atoms with E-state index in [1.54, 1.807) is 45.4 Å². The molecule has 0 spiro atoms. The zero-order valence-electron chi connectivity index (χ0n) is 17.9. The van der Waals surface area contributed by atoms with E-state index in [4.69, 9.17) is 14.2 Å². The maximum absolute atomic E-state index is 12.3. The predicted octanol–water partition coefficient (Wildman–Crippen LogP) is 3.79. The molecule has 0 aliphatic carbocycles. The van der Waals surface area contributed by atoms with E-state index in [2.05, 4.69) is 17.4 Å². The summed E-state index contributed by atoms with van der Waals surface area (Å²) in [5.74, 6) is 0.301. The molecule has 0 aromatic heterocycles. The molecule has 0 bridgehead atoms. The molecule has 0 saturated carbocycles. The molecule has 0 radical (unpaired) electrons. The summed E-state index contributed by atoms with van der Waals surface area (Å²) < 4.78 is 15.7. The average molecular weight is 411 g/mol. The number of aryl methyl sites for hydroxylation is 1. The van der Waals surface area contributed by atoms with Crippen LogP contribution in [-0.2, 0) is 20.7 Å². The monoisotopic (exact) mass is 411 g/mol. The highest BCUT2D eigenvalue weighted by molar-refractivity contribution is 5.90. The van der Waals surface area contributed by atoms with Crippen LogP contribution in [0, 0.1) is 0 Å². The van der Waals surface area contributed by atoms with Gasteiger partial charge in [-0.2, -0.15) is 0 Å². The molecule has 0 unspecified atom stereocenters. The second kappa shape index (κ2) is 11.7. The Morgan fingerprint density at radius 2 is 1.77 bits per heavy atom. The highest BCUT2D eigenvalue weighted by Crippen LogP contribution is 2.25. The van der Waals surface area contributed by atoms with E-state index in [-0.39, 0.29) is 11.9 Å². The van der Waals surface area contributed by atoms with E-state index in [1.165, 1.54) is 11.6 Å². The Labute approximate surface area is 177 Å². The lowest BCUT2D eigenvalue weighted by Gasteiger charge is -2.17. The Hall–Kier alpha value is -3.28. The quantitative estimate of drug-likeness (QED) is 0.476. The van der Waals surface area contributed by atoms with Gasteiger partial charge >= 0.3 is 5.97 Å². The first-order valence-corrected chi connectivity index (χ1v) is 9.88. The first kappa shape index (κ1) is 23.0.